The van der Waals surface area contributed by atoms with E-state index in [-0.39, 0.29) is 6.42 Å². The van der Waals surface area contributed by atoms with Crippen molar-refractivity contribution < 1.29 is 18.3 Å². The Balaban J connectivity index is 1.72. The van der Waals surface area contributed by atoms with Gasteiger partial charge in [-0.3, -0.25) is 9.78 Å². The predicted octanol–water partition coefficient (Wildman–Crippen LogP) is 5.56. The highest BCUT2D eigenvalue weighted by molar-refractivity contribution is 7.91. The molecule has 0 amide bonds. The molecule has 1 unspecified atom stereocenters. The number of hydrogen-bond acceptors (Lipinski definition) is 4. The number of aliphatic carboxylic acids is 1. The second-order valence-electron chi connectivity index (χ2n) is 8.73. The predicted molar refractivity (Wildman–Crippen MR) is 137 cm³/mol. The highest BCUT2D eigenvalue weighted by Crippen LogP contribution is 2.32. The number of aryl methyl sites for hydroxylation is 1. The number of aromatic nitrogens is 1. The van der Waals surface area contributed by atoms with Gasteiger partial charge in [-0.05, 0) is 71.8 Å². The van der Waals surface area contributed by atoms with Crippen molar-refractivity contribution in [2.24, 2.45) is 0 Å². The summed E-state index contributed by atoms with van der Waals surface area (Å²) >= 11 is 0. The van der Waals surface area contributed by atoms with Crippen LogP contribution >= 0.6 is 0 Å². The van der Waals surface area contributed by atoms with E-state index < -0.39 is 21.1 Å². The van der Waals surface area contributed by atoms with Gasteiger partial charge in [0.2, 0.25) is 0 Å². The summed E-state index contributed by atoms with van der Waals surface area (Å²) in [7, 11) is -3.14. The molecule has 1 aromatic heterocycles. The highest BCUT2D eigenvalue weighted by atomic mass is 32.2. The first-order chi connectivity index (χ1) is 16.2. The molecule has 0 bridgehead atoms. The second kappa shape index (κ2) is 9.77. The van der Waals surface area contributed by atoms with Crippen LogP contribution in [-0.2, 0) is 27.5 Å². The first-order valence-corrected chi connectivity index (χ1v) is 13.1. The lowest BCUT2D eigenvalue weighted by Crippen LogP contribution is -2.18. The number of sulfone groups is 1. The van der Waals surface area contributed by atoms with Gasteiger partial charge >= 0.3 is 5.97 Å². The van der Waals surface area contributed by atoms with Crippen molar-refractivity contribution >= 4 is 26.7 Å². The number of nitrogens with zero attached hydrogens (tertiary/aromatic N) is 1. The number of fused-ring (bicyclic) bond motifs is 1. The number of carboxylic acids is 1. The van der Waals surface area contributed by atoms with E-state index in [9.17, 15) is 13.2 Å². The van der Waals surface area contributed by atoms with E-state index >= 15 is 0 Å². The lowest BCUT2D eigenvalue weighted by molar-refractivity contribution is -0.136. The number of carbonyl (C=O) groups is 1. The van der Waals surface area contributed by atoms with Crippen LogP contribution in [0.1, 0.15) is 24.5 Å². The number of benzene rings is 3. The van der Waals surface area contributed by atoms with Crippen molar-refractivity contribution in [1.82, 2.24) is 4.98 Å². The quantitative estimate of drug-likeness (QED) is 0.362. The van der Waals surface area contributed by atoms with Gasteiger partial charge in [-0.15, -0.1) is 0 Å². The summed E-state index contributed by atoms with van der Waals surface area (Å²) in [6, 6.07) is 24.1. The van der Waals surface area contributed by atoms with Crippen molar-refractivity contribution in [2.45, 2.75) is 31.4 Å². The fourth-order valence-corrected chi connectivity index (χ4v) is 4.55. The Morgan fingerprint density at radius 3 is 2.35 bits per heavy atom. The maximum Gasteiger partial charge on any atom is 0.303 e. The van der Waals surface area contributed by atoms with Gasteiger partial charge in [0, 0.05) is 29.8 Å². The summed E-state index contributed by atoms with van der Waals surface area (Å²) in [5, 5.41) is 9.40. The van der Waals surface area contributed by atoms with Crippen LogP contribution in [0.3, 0.4) is 0 Å². The molecule has 0 radical (unpaired) electrons. The van der Waals surface area contributed by atoms with Gasteiger partial charge in [-0.25, -0.2) is 8.42 Å². The Bertz CT molecular complexity index is 1440. The maximum absolute atomic E-state index is 12.0. The zero-order valence-corrected chi connectivity index (χ0v) is 20.0. The molecule has 1 N–H and O–H groups in total. The van der Waals surface area contributed by atoms with Crippen LogP contribution in [0.4, 0.5) is 0 Å². The zero-order chi connectivity index (χ0) is 24.3. The Labute approximate surface area is 200 Å². The third kappa shape index (κ3) is 5.51. The molecule has 0 fully saturated rings. The standard InChI is InChI=1S/C28H27NO4S/c1-19(34(2,32)33)15-21-16-25-7-4-14-29-28(25)26(17-21)24-6-3-5-23(18-24)22-11-8-20(9-12-22)10-13-27(30)31/h3-9,11-12,14,16-19H,10,13,15H2,1-2H3,(H,30,31). The Morgan fingerprint density at radius 1 is 0.912 bits per heavy atom. The molecule has 0 aliphatic rings. The van der Waals surface area contributed by atoms with E-state index in [2.05, 4.69) is 11.1 Å². The van der Waals surface area contributed by atoms with Crippen molar-refractivity contribution in [3.8, 4) is 22.3 Å². The number of pyridine rings is 1. The van der Waals surface area contributed by atoms with E-state index in [0.717, 1.165) is 44.3 Å². The third-order valence-electron chi connectivity index (χ3n) is 6.11. The van der Waals surface area contributed by atoms with E-state index in [0.29, 0.717) is 12.8 Å². The molecule has 1 heterocycles. The van der Waals surface area contributed by atoms with Gasteiger partial charge in [0.25, 0.3) is 0 Å². The van der Waals surface area contributed by atoms with Crippen LogP contribution in [0.25, 0.3) is 33.2 Å². The Morgan fingerprint density at radius 2 is 1.65 bits per heavy atom. The molecule has 1 atom stereocenters. The normalized spacial score (nSPS) is 12.5. The minimum atomic E-state index is -3.14. The van der Waals surface area contributed by atoms with Crippen LogP contribution in [0.15, 0.2) is 79.0 Å². The molecule has 0 saturated carbocycles. The smallest absolute Gasteiger partial charge is 0.303 e. The van der Waals surface area contributed by atoms with E-state index in [1.54, 1.807) is 13.1 Å². The van der Waals surface area contributed by atoms with E-state index in [4.69, 9.17) is 5.11 Å². The van der Waals surface area contributed by atoms with Gasteiger partial charge in [0.15, 0.2) is 0 Å². The van der Waals surface area contributed by atoms with Gasteiger partial charge in [0.1, 0.15) is 9.84 Å². The van der Waals surface area contributed by atoms with Crippen LogP contribution < -0.4 is 0 Å². The fourth-order valence-electron chi connectivity index (χ4n) is 4.06. The minimum absolute atomic E-state index is 0.114. The van der Waals surface area contributed by atoms with Gasteiger partial charge in [0.05, 0.1) is 10.8 Å². The first kappa shape index (κ1) is 23.6. The van der Waals surface area contributed by atoms with Crippen LogP contribution in [-0.4, -0.2) is 36.0 Å². The molecule has 0 aliphatic carbocycles. The fraction of sp³-hybridized carbons (Fsp3) is 0.214. The SMILES string of the molecule is CC(Cc1cc(-c2cccc(-c3ccc(CCC(=O)O)cc3)c2)c2ncccc2c1)S(C)(=O)=O. The average Bonchev–Trinajstić information content (AvgIpc) is 2.82. The van der Waals surface area contributed by atoms with Crippen molar-refractivity contribution in [1.29, 1.82) is 0 Å². The molecular formula is C28H27NO4S. The highest BCUT2D eigenvalue weighted by Gasteiger charge is 2.17. The Hall–Kier alpha value is -3.51. The largest absolute Gasteiger partial charge is 0.481 e. The summed E-state index contributed by atoms with van der Waals surface area (Å²) in [4.78, 5) is 15.4. The monoisotopic (exact) mass is 473 g/mol. The number of carboxylic acid groups (broad SMARTS) is 1. The molecule has 4 rings (SSSR count). The minimum Gasteiger partial charge on any atom is -0.481 e. The lowest BCUT2D eigenvalue weighted by Gasteiger charge is -2.14. The molecule has 4 aromatic rings. The maximum atomic E-state index is 12.0. The molecule has 5 nitrogen and oxygen atoms in total. The van der Waals surface area contributed by atoms with Gasteiger partial charge in [-0.2, -0.15) is 0 Å². The first-order valence-electron chi connectivity index (χ1n) is 11.2. The molecule has 174 valence electrons. The summed E-state index contributed by atoms with van der Waals surface area (Å²) in [5.41, 5.74) is 6.88. The van der Waals surface area contributed by atoms with E-state index in [1.807, 2.05) is 66.7 Å². The average molecular weight is 474 g/mol. The van der Waals surface area contributed by atoms with Gasteiger partial charge < -0.3 is 5.11 Å². The topological polar surface area (TPSA) is 84.3 Å². The molecule has 0 saturated heterocycles. The molecule has 6 heteroatoms. The number of rotatable bonds is 8. The molecule has 0 spiro atoms. The second-order valence-corrected chi connectivity index (χ2v) is 11.2. The van der Waals surface area contributed by atoms with Crippen LogP contribution in [0, 0.1) is 0 Å². The van der Waals surface area contributed by atoms with E-state index in [1.165, 1.54) is 6.26 Å². The summed E-state index contributed by atoms with van der Waals surface area (Å²) in [6.45, 7) is 1.74. The molecule has 3 aromatic carbocycles. The zero-order valence-electron chi connectivity index (χ0n) is 19.2. The van der Waals surface area contributed by atoms with Crippen LogP contribution in [0.5, 0.6) is 0 Å². The number of hydrogen-bond donors (Lipinski definition) is 1. The molecule has 0 aliphatic heterocycles. The summed E-state index contributed by atoms with van der Waals surface area (Å²) < 4.78 is 24.0. The molecule has 34 heavy (non-hydrogen) atoms. The van der Waals surface area contributed by atoms with Crippen molar-refractivity contribution in [2.75, 3.05) is 6.26 Å². The summed E-state index contributed by atoms with van der Waals surface area (Å²) in [5.74, 6) is -0.800. The van der Waals surface area contributed by atoms with Crippen molar-refractivity contribution in [3.63, 3.8) is 0 Å². The summed E-state index contributed by atoms with van der Waals surface area (Å²) in [6.07, 6.45) is 4.10. The third-order valence-corrected chi connectivity index (χ3v) is 7.74. The van der Waals surface area contributed by atoms with Crippen molar-refractivity contribution in [3.05, 3.63) is 90.1 Å². The lowest BCUT2D eigenvalue weighted by atomic mass is 9.94. The van der Waals surface area contributed by atoms with Gasteiger partial charge in [-0.1, -0.05) is 48.5 Å². The Kier molecular flexibility index (Phi) is 6.80. The van der Waals surface area contributed by atoms with Crippen LogP contribution in [0.2, 0.25) is 0 Å². The molecular weight excluding hydrogens is 446 g/mol.